The maximum Gasteiger partial charge on any atom is 0.224 e. The van der Waals surface area contributed by atoms with Crippen LogP contribution in [0.5, 0.6) is 5.75 Å². The Kier molecular flexibility index (Phi) is 7.90. The lowest BCUT2D eigenvalue weighted by Gasteiger charge is -2.25. The Morgan fingerprint density at radius 3 is 2.80 bits per heavy atom. The van der Waals surface area contributed by atoms with E-state index in [1.54, 1.807) is 0 Å². The van der Waals surface area contributed by atoms with Gasteiger partial charge in [-0.15, -0.1) is 0 Å². The number of amides is 1. The number of rotatable bonds is 9. The van der Waals surface area contributed by atoms with E-state index < -0.39 is 6.04 Å². The van der Waals surface area contributed by atoms with E-state index in [4.69, 9.17) is 4.74 Å². The van der Waals surface area contributed by atoms with Crippen LogP contribution in [0.4, 0.5) is 0 Å². The Morgan fingerprint density at radius 2 is 2.10 bits per heavy atom. The van der Waals surface area contributed by atoms with Crippen molar-refractivity contribution in [3.63, 3.8) is 0 Å². The van der Waals surface area contributed by atoms with Crippen LogP contribution < -0.4 is 10.1 Å². The van der Waals surface area contributed by atoms with Gasteiger partial charge < -0.3 is 10.1 Å². The first-order valence-electron chi connectivity index (χ1n) is 11.4. The lowest BCUT2D eigenvalue weighted by molar-refractivity contribution is -0.128. The maximum atomic E-state index is 13.0. The molecule has 5 nitrogen and oxygen atoms in total. The molecule has 5 heteroatoms. The van der Waals surface area contributed by atoms with Crippen LogP contribution in [0.25, 0.3) is 0 Å². The number of carbonyl (C=O) groups excluding carboxylic acids is 2. The van der Waals surface area contributed by atoms with Gasteiger partial charge in [-0.1, -0.05) is 38.5 Å². The van der Waals surface area contributed by atoms with E-state index in [1.165, 1.54) is 5.56 Å². The number of ketones is 1. The third-order valence-electron chi connectivity index (χ3n) is 6.35. The number of hydrogen-bond acceptors (Lipinski definition) is 4. The van der Waals surface area contributed by atoms with Crippen LogP contribution in [0.1, 0.15) is 70.8 Å². The summed E-state index contributed by atoms with van der Waals surface area (Å²) in [5.41, 5.74) is 1.23. The molecule has 0 saturated heterocycles. The van der Waals surface area contributed by atoms with Gasteiger partial charge in [-0.3, -0.25) is 9.59 Å². The molecule has 1 fully saturated rings. The fourth-order valence-electron chi connectivity index (χ4n) is 4.75. The maximum absolute atomic E-state index is 13.0. The van der Waals surface area contributed by atoms with Gasteiger partial charge in [-0.2, -0.15) is 5.26 Å². The van der Waals surface area contributed by atoms with E-state index in [0.29, 0.717) is 18.8 Å². The summed E-state index contributed by atoms with van der Waals surface area (Å²) in [5.74, 6) is 1.30. The van der Waals surface area contributed by atoms with Gasteiger partial charge >= 0.3 is 0 Å². The number of Topliss-reactive ketones (excluding diaryl/α,β-unsaturated/α-hetero) is 1. The molecule has 4 atom stereocenters. The summed E-state index contributed by atoms with van der Waals surface area (Å²) in [6.07, 6.45) is 7.19. The normalized spacial score (nSPS) is 22.7. The van der Waals surface area contributed by atoms with Gasteiger partial charge in [0, 0.05) is 24.7 Å². The van der Waals surface area contributed by atoms with Crippen LogP contribution in [0.3, 0.4) is 0 Å². The number of nitriles is 1. The second-order valence-corrected chi connectivity index (χ2v) is 9.29. The predicted molar refractivity (Wildman–Crippen MR) is 116 cm³/mol. The molecule has 3 rings (SSSR count). The van der Waals surface area contributed by atoms with Crippen molar-refractivity contribution in [2.75, 3.05) is 0 Å². The first kappa shape index (κ1) is 22.3. The molecule has 0 radical (unpaired) electrons. The van der Waals surface area contributed by atoms with Gasteiger partial charge in [0.2, 0.25) is 5.91 Å². The molecule has 1 aromatic rings. The minimum atomic E-state index is -0.591. The SMILES string of the molecule is CC(C)C[C@H](CCC1Cc2ccccc2O1)C(=O)N[C@H](C#N)C[C@@H]1CCCCC1=O. The molecule has 1 unspecified atom stereocenters. The molecular weight excluding hydrogens is 376 g/mol. The van der Waals surface area contributed by atoms with Crippen molar-refractivity contribution in [1.82, 2.24) is 5.32 Å². The number of fused-ring (bicyclic) bond motifs is 1. The summed E-state index contributed by atoms with van der Waals surface area (Å²) in [5, 5.41) is 12.5. The first-order valence-corrected chi connectivity index (χ1v) is 11.4. The Hall–Kier alpha value is -2.35. The van der Waals surface area contributed by atoms with Crippen LogP contribution in [-0.2, 0) is 16.0 Å². The molecule has 0 aromatic heterocycles. The molecule has 1 amide bonds. The minimum absolute atomic E-state index is 0.0611. The number of hydrogen-bond donors (Lipinski definition) is 1. The molecule has 30 heavy (non-hydrogen) atoms. The average molecular weight is 411 g/mol. The number of benzene rings is 1. The Balaban J connectivity index is 1.54. The van der Waals surface area contributed by atoms with Gasteiger partial charge in [0.15, 0.2) is 0 Å². The highest BCUT2D eigenvalue weighted by Gasteiger charge is 2.30. The number of carbonyl (C=O) groups is 2. The summed E-state index contributed by atoms with van der Waals surface area (Å²) < 4.78 is 6.04. The van der Waals surface area contributed by atoms with E-state index in [1.807, 2.05) is 18.2 Å². The molecular formula is C25H34N2O3. The third kappa shape index (κ3) is 6.08. The molecule has 162 valence electrons. The van der Waals surface area contributed by atoms with E-state index in [2.05, 4.69) is 31.3 Å². The summed E-state index contributed by atoms with van der Waals surface area (Å²) in [7, 11) is 0. The van der Waals surface area contributed by atoms with Crippen molar-refractivity contribution >= 4 is 11.7 Å². The molecule has 0 spiro atoms. The second kappa shape index (κ2) is 10.6. The number of nitrogens with zero attached hydrogens (tertiary/aromatic N) is 1. The van der Waals surface area contributed by atoms with Crippen LogP contribution in [-0.4, -0.2) is 23.8 Å². The van der Waals surface area contributed by atoms with Gasteiger partial charge in [0.1, 0.15) is 23.7 Å². The fourth-order valence-corrected chi connectivity index (χ4v) is 4.75. The molecule has 1 aliphatic heterocycles. The zero-order valence-corrected chi connectivity index (χ0v) is 18.2. The van der Waals surface area contributed by atoms with E-state index >= 15 is 0 Å². The Labute approximate surface area is 180 Å². The lowest BCUT2D eigenvalue weighted by atomic mass is 9.83. The van der Waals surface area contributed by atoms with Crippen LogP contribution in [0.15, 0.2) is 24.3 Å². The standard InChI is InChI=1S/C25H34N2O3/c1-17(2)13-20(11-12-22-15-19-8-4-6-10-24(19)30-22)25(29)27-21(16-26)14-18-7-3-5-9-23(18)28/h4,6,8,10,17-18,20-22H,3,5,7,9,11-15H2,1-2H3,(H,27,29)/t18-,20-,21-,22?/m0/s1. The lowest BCUT2D eigenvalue weighted by Crippen LogP contribution is -2.41. The fraction of sp³-hybridized carbons (Fsp3) is 0.640. The van der Waals surface area contributed by atoms with Crippen molar-refractivity contribution in [3.8, 4) is 11.8 Å². The van der Waals surface area contributed by atoms with Crippen LogP contribution in [0.2, 0.25) is 0 Å². The van der Waals surface area contributed by atoms with E-state index in [0.717, 1.165) is 50.7 Å². The first-order chi connectivity index (χ1) is 14.5. The average Bonchev–Trinajstić information content (AvgIpc) is 3.14. The molecule has 1 N–H and O–H groups in total. The van der Waals surface area contributed by atoms with Gasteiger partial charge in [-0.05, 0) is 56.1 Å². The smallest absolute Gasteiger partial charge is 0.224 e. The molecule has 2 aliphatic rings. The molecule has 1 aromatic carbocycles. The van der Waals surface area contributed by atoms with Crippen molar-refractivity contribution in [1.29, 1.82) is 5.26 Å². The van der Waals surface area contributed by atoms with Crippen LogP contribution >= 0.6 is 0 Å². The van der Waals surface area contributed by atoms with Crippen LogP contribution in [0, 0.1) is 29.1 Å². The van der Waals surface area contributed by atoms with Gasteiger partial charge in [0.05, 0.1) is 6.07 Å². The Morgan fingerprint density at radius 1 is 1.30 bits per heavy atom. The highest BCUT2D eigenvalue weighted by atomic mass is 16.5. The number of ether oxygens (including phenoxy) is 1. The largest absolute Gasteiger partial charge is 0.490 e. The highest BCUT2D eigenvalue weighted by molar-refractivity contribution is 5.82. The second-order valence-electron chi connectivity index (χ2n) is 9.29. The zero-order valence-electron chi connectivity index (χ0n) is 18.2. The monoisotopic (exact) mass is 410 g/mol. The van der Waals surface area contributed by atoms with Crippen molar-refractivity contribution in [2.45, 2.75) is 83.8 Å². The molecule has 1 aliphatic carbocycles. The summed E-state index contributed by atoms with van der Waals surface area (Å²) in [6.45, 7) is 4.23. The minimum Gasteiger partial charge on any atom is -0.490 e. The summed E-state index contributed by atoms with van der Waals surface area (Å²) in [6, 6.07) is 9.72. The highest BCUT2D eigenvalue weighted by Crippen LogP contribution is 2.31. The van der Waals surface area contributed by atoms with Crippen molar-refractivity contribution in [3.05, 3.63) is 29.8 Å². The molecule has 1 heterocycles. The zero-order chi connectivity index (χ0) is 21.5. The van der Waals surface area contributed by atoms with E-state index in [9.17, 15) is 14.9 Å². The third-order valence-corrected chi connectivity index (χ3v) is 6.35. The van der Waals surface area contributed by atoms with E-state index in [-0.39, 0.29) is 29.6 Å². The molecule has 0 bridgehead atoms. The van der Waals surface area contributed by atoms with Gasteiger partial charge in [0.25, 0.3) is 0 Å². The van der Waals surface area contributed by atoms with Crippen molar-refractivity contribution in [2.24, 2.45) is 17.8 Å². The summed E-state index contributed by atoms with van der Waals surface area (Å²) in [4.78, 5) is 25.1. The van der Waals surface area contributed by atoms with Crippen molar-refractivity contribution < 1.29 is 14.3 Å². The van der Waals surface area contributed by atoms with Gasteiger partial charge in [-0.25, -0.2) is 0 Å². The molecule has 1 saturated carbocycles. The summed E-state index contributed by atoms with van der Waals surface area (Å²) >= 11 is 0. The Bertz CT molecular complexity index is 758. The quantitative estimate of drug-likeness (QED) is 0.646. The number of nitrogens with one attached hydrogen (secondary N) is 1. The number of para-hydroxylation sites is 1. The topological polar surface area (TPSA) is 79.2 Å². The predicted octanol–water partition coefficient (Wildman–Crippen LogP) is 4.59.